The first kappa shape index (κ1) is 16.0. The summed E-state index contributed by atoms with van der Waals surface area (Å²) >= 11 is 1.91. The second-order valence-corrected chi connectivity index (χ2v) is 6.29. The molecule has 0 bridgehead atoms. The highest BCUT2D eigenvalue weighted by atomic mass is 32.2. The average molecular weight is 304 g/mol. The lowest BCUT2D eigenvalue weighted by Gasteiger charge is -2.12. The van der Waals surface area contributed by atoms with Crippen LogP contribution in [-0.2, 0) is 7.05 Å². The largest absolute Gasteiger partial charge is 0.384 e. The highest BCUT2D eigenvalue weighted by Crippen LogP contribution is 2.20. The molecule has 1 aromatic carbocycles. The molecule has 0 fully saturated rings. The highest BCUT2D eigenvalue weighted by Gasteiger charge is 2.05. The Morgan fingerprint density at radius 2 is 1.90 bits per heavy atom. The summed E-state index contributed by atoms with van der Waals surface area (Å²) in [6.07, 6.45) is 7.15. The predicted octanol–water partition coefficient (Wildman–Crippen LogP) is 3.87. The van der Waals surface area contributed by atoms with Gasteiger partial charge in [0.2, 0.25) is 0 Å². The third-order valence-electron chi connectivity index (χ3n) is 3.74. The summed E-state index contributed by atoms with van der Waals surface area (Å²) in [5.41, 5.74) is 1.97. The van der Waals surface area contributed by atoms with Gasteiger partial charge in [-0.2, -0.15) is 11.8 Å². The number of aromatic nitrogens is 1. The van der Waals surface area contributed by atoms with Crippen molar-refractivity contribution in [2.75, 3.05) is 23.9 Å². The monoisotopic (exact) mass is 304 g/mol. The number of nitrogens with zero attached hydrogens (tertiary/aromatic N) is 1. The molecular weight excluding hydrogens is 280 g/mol. The maximum absolute atomic E-state index is 12.0. The summed E-state index contributed by atoms with van der Waals surface area (Å²) in [7, 11) is 1.82. The predicted molar refractivity (Wildman–Crippen MR) is 94.5 cm³/mol. The third kappa shape index (κ3) is 4.27. The van der Waals surface area contributed by atoms with Crippen LogP contribution in [0.5, 0.6) is 0 Å². The molecule has 0 aliphatic rings. The number of para-hydroxylation sites is 1. The molecule has 2 rings (SSSR count). The molecule has 2 aromatic rings. The first-order chi connectivity index (χ1) is 10.2. The number of rotatable bonds is 8. The smallest absolute Gasteiger partial charge is 0.252 e. The second kappa shape index (κ2) is 8.13. The first-order valence-corrected chi connectivity index (χ1v) is 8.95. The normalized spacial score (nSPS) is 11.0. The van der Waals surface area contributed by atoms with Gasteiger partial charge < -0.3 is 9.88 Å². The molecule has 1 heterocycles. The van der Waals surface area contributed by atoms with E-state index in [1.807, 2.05) is 37.0 Å². The Labute approximate surface area is 130 Å². The zero-order valence-corrected chi connectivity index (χ0v) is 13.7. The summed E-state index contributed by atoms with van der Waals surface area (Å²) in [5.74, 6) is 1.26. The molecule has 0 aliphatic heterocycles. The summed E-state index contributed by atoms with van der Waals surface area (Å²) < 4.78 is 1.70. The minimum Gasteiger partial charge on any atom is -0.384 e. The Bertz CT molecular complexity index is 636. The number of anilines is 1. The number of aryl methyl sites for hydroxylation is 1. The summed E-state index contributed by atoms with van der Waals surface area (Å²) in [4.78, 5) is 12.0. The third-order valence-corrected chi connectivity index (χ3v) is 4.44. The fraction of sp³-hybridized carbons (Fsp3) is 0.471. The van der Waals surface area contributed by atoms with Gasteiger partial charge in [0.05, 0.1) is 5.52 Å². The molecule has 21 heavy (non-hydrogen) atoms. The van der Waals surface area contributed by atoms with Crippen molar-refractivity contribution >= 4 is 28.4 Å². The summed E-state index contributed by atoms with van der Waals surface area (Å²) in [6, 6.07) is 9.74. The molecule has 3 nitrogen and oxygen atoms in total. The van der Waals surface area contributed by atoms with Crippen LogP contribution in [-0.4, -0.2) is 23.1 Å². The number of pyridine rings is 1. The van der Waals surface area contributed by atoms with Crippen LogP contribution in [0.2, 0.25) is 0 Å². The van der Waals surface area contributed by atoms with E-state index in [2.05, 4.69) is 17.6 Å². The van der Waals surface area contributed by atoms with E-state index >= 15 is 0 Å². The van der Waals surface area contributed by atoms with Gasteiger partial charge >= 0.3 is 0 Å². The van der Waals surface area contributed by atoms with Gasteiger partial charge in [0, 0.05) is 30.7 Å². The molecule has 0 spiro atoms. The van der Waals surface area contributed by atoms with Crippen LogP contribution in [0.15, 0.2) is 35.1 Å². The number of hydrogen-bond donors (Lipinski definition) is 1. The quantitative estimate of drug-likeness (QED) is 0.752. The van der Waals surface area contributed by atoms with Crippen LogP contribution in [0.1, 0.15) is 25.7 Å². The van der Waals surface area contributed by atoms with Crippen LogP contribution in [0.4, 0.5) is 5.69 Å². The highest BCUT2D eigenvalue weighted by molar-refractivity contribution is 7.98. The van der Waals surface area contributed by atoms with Crippen LogP contribution in [0.25, 0.3) is 10.9 Å². The number of unbranched alkanes of at least 4 members (excludes halogenated alkanes) is 3. The van der Waals surface area contributed by atoms with E-state index in [-0.39, 0.29) is 5.56 Å². The Morgan fingerprint density at radius 3 is 2.71 bits per heavy atom. The van der Waals surface area contributed by atoms with Crippen molar-refractivity contribution in [3.8, 4) is 0 Å². The van der Waals surface area contributed by atoms with Gasteiger partial charge in [0.1, 0.15) is 0 Å². The molecule has 0 saturated carbocycles. The van der Waals surface area contributed by atoms with Gasteiger partial charge in [-0.25, -0.2) is 0 Å². The Kier molecular flexibility index (Phi) is 6.18. The standard InChI is InChI=1S/C17H24N2OS/c1-19-16-10-6-5-9-14(16)15(13-17(19)20)18-11-7-3-4-8-12-21-2/h5-6,9-10,13,18H,3-4,7-8,11-12H2,1-2H3. The first-order valence-electron chi connectivity index (χ1n) is 7.55. The number of hydrogen-bond acceptors (Lipinski definition) is 3. The lowest BCUT2D eigenvalue weighted by Crippen LogP contribution is -2.17. The minimum absolute atomic E-state index is 0.0381. The Hall–Kier alpha value is -1.42. The van der Waals surface area contributed by atoms with E-state index in [0.29, 0.717) is 0 Å². The number of nitrogens with one attached hydrogen (secondary N) is 1. The second-order valence-electron chi connectivity index (χ2n) is 5.31. The van der Waals surface area contributed by atoms with Crippen LogP contribution in [0.3, 0.4) is 0 Å². The molecule has 0 atom stereocenters. The molecule has 0 amide bonds. The van der Waals surface area contributed by atoms with E-state index in [1.54, 1.807) is 10.6 Å². The van der Waals surface area contributed by atoms with Gasteiger partial charge in [-0.1, -0.05) is 31.0 Å². The molecule has 0 unspecified atom stereocenters. The zero-order valence-electron chi connectivity index (χ0n) is 12.9. The van der Waals surface area contributed by atoms with E-state index in [1.165, 1.54) is 25.0 Å². The van der Waals surface area contributed by atoms with E-state index in [4.69, 9.17) is 0 Å². The lowest BCUT2D eigenvalue weighted by atomic mass is 10.1. The molecule has 114 valence electrons. The van der Waals surface area contributed by atoms with Crippen molar-refractivity contribution in [1.82, 2.24) is 4.57 Å². The summed E-state index contributed by atoms with van der Waals surface area (Å²) in [5, 5.41) is 4.54. The van der Waals surface area contributed by atoms with Crippen molar-refractivity contribution in [2.45, 2.75) is 25.7 Å². The maximum Gasteiger partial charge on any atom is 0.252 e. The molecule has 0 radical (unpaired) electrons. The van der Waals surface area contributed by atoms with Crippen molar-refractivity contribution in [2.24, 2.45) is 7.05 Å². The zero-order chi connectivity index (χ0) is 15.1. The van der Waals surface area contributed by atoms with Crippen molar-refractivity contribution in [3.05, 3.63) is 40.7 Å². The van der Waals surface area contributed by atoms with Crippen molar-refractivity contribution < 1.29 is 0 Å². The van der Waals surface area contributed by atoms with Gasteiger partial charge in [-0.15, -0.1) is 0 Å². The van der Waals surface area contributed by atoms with Gasteiger partial charge in [-0.3, -0.25) is 4.79 Å². The molecule has 1 aromatic heterocycles. The average Bonchev–Trinajstić information content (AvgIpc) is 2.51. The Balaban J connectivity index is 1.96. The lowest BCUT2D eigenvalue weighted by molar-refractivity contribution is 0.689. The molecule has 1 N–H and O–H groups in total. The molecule has 0 saturated heterocycles. The van der Waals surface area contributed by atoms with E-state index in [0.717, 1.165) is 29.6 Å². The van der Waals surface area contributed by atoms with E-state index < -0.39 is 0 Å². The Morgan fingerprint density at radius 1 is 1.14 bits per heavy atom. The fourth-order valence-electron chi connectivity index (χ4n) is 2.50. The summed E-state index contributed by atoms with van der Waals surface area (Å²) in [6.45, 7) is 0.927. The molecule has 4 heteroatoms. The fourth-order valence-corrected chi connectivity index (χ4v) is 3.00. The maximum atomic E-state index is 12.0. The van der Waals surface area contributed by atoms with Crippen molar-refractivity contribution in [1.29, 1.82) is 0 Å². The topological polar surface area (TPSA) is 34.0 Å². The minimum atomic E-state index is 0.0381. The van der Waals surface area contributed by atoms with Gasteiger partial charge in [-0.05, 0) is 30.9 Å². The van der Waals surface area contributed by atoms with E-state index in [9.17, 15) is 4.79 Å². The SMILES string of the molecule is CSCCCCCCNc1cc(=O)n(C)c2ccccc12. The van der Waals surface area contributed by atoms with Crippen molar-refractivity contribution in [3.63, 3.8) is 0 Å². The van der Waals surface area contributed by atoms with Gasteiger partial charge in [0.25, 0.3) is 5.56 Å². The van der Waals surface area contributed by atoms with Crippen LogP contribution < -0.4 is 10.9 Å². The van der Waals surface area contributed by atoms with Gasteiger partial charge in [0.15, 0.2) is 0 Å². The van der Waals surface area contributed by atoms with Crippen LogP contribution >= 0.6 is 11.8 Å². The molecular formula is C17H24N2OS. The number of fused-ring (bicyclic) bond motifs is 1. The van der Waals surface area contributed by atoms with Crippen LogP contribution in [0, 0.1) is 0 Å². The number of benzene rings is 1. The number of thioether (sulfide) groups is 1. The molecule has 0 aliphatic carbocycles.